The Balaban J connectivity index is 2.49. The third-order valence-electron chi connectivity index (χ3n) is 3.06. The molecule has 0 spiro atoms. The van der Waals surface area contributed by atoms with Gasteiger partial charge in [0, 0.05) is 16.4 Å². The van der Waals surface area contributed by atoms with Gasteiger partial charge in [-0.2, -0.15) is 0 Å². The zero-order valence-corrected chi connectivity index (χ0v) is 9.70. The Bertz CT molecular complexity index is 372. The van der Waals surface area contributed by atoms with Crippen LogP contribution in [0.3, 0.4) is 0 Å². The van der Waals surface area contributed by atoms with Crippen molar-refractivity contribution in [3.63, 3.8) is 0 Å². The normalized spacial score (nSPS) is 18.3. The lowest BCUT2D eigenvalue weighted by Crippen LogP contribution is -2.21. The van der Waals surface area contributed by atoms with E-state index in [1.54, 1.807) is 6.07 Å². The zero-order valence-electron chi connectivity index (χ0n) is 8.11. The van der Waals surface area contributed by atoms with Crippen molar-refractivity contribution >= 4 is 15.9 Å². The van der Waals surface area contributed by atoms with Gasteiger partial charge in [-0.15, -0.1) is 0 Å². The summed E-state index contributed by atoms with van der Waals surface area (Å²) in [6.07, 6.45) is 2.03. The van der Waals surface area contributed by atoms with Gasteiger partial charge in [-0.3, -0.25) is 0 Å². The van der Waals surface area contributed by atoms with Crippen LogP contribution in [-0.2, 0) is 5.41 Å². The van der Waals surface area contributed by atoms with Gasteiger partial charge >= 0.3 is 0 Å². The number of rotatable bonds is 2. The van der Waals surface area contributed by atoms with Crippen LogP contribution in [0.15, 0.2) is 16.6 Å². The molecular weight excluding hydrogens is 245 g/mol. The van der Waals surface area contributed by atoms with Gasteiger partial charge in [0.15, 0.2) is 0 Å². The van der Waals surface area contributed by atoms with Crippen molar-refractivity contribution in [3.8, 4) is 0 Å². The first kappa shape index (κ1) is 10.1. The largest absolute Gasteiger partial charge is 0.330 e. The zero-order chi connectivity index (χ0) is 10.3. The minimum absolute atomic E-state index is 0.0600. The van der Waals surface area contributed by atoms with E-state index in [9.17, 15) is 4.39 Å². The molecule has 76 valence electrons. The molecule has 1 saturated carbocycles. The Morgan fingerprint density at radius 3 is 2.64 bits per heavy atom. The van der Waals surface area contributed by atoms with Gasteiger partial charge in [-0.25, -0.2) is 4.39 Å². The topological polar surface area (TPSA) is 26.0 Å². The van der Waals surface area contributed by atoms with Crippen molar-refractivity contribution in [1.29, 1.82) is 0 Å². The molecule has 1 aliphatic rings. The third-order valence-corrected chi connectivity index (χ3v) is 3.92. The van der Waals surface area contributed by atoms with Gasteiger partial charge in [0.25, 0.3) is 0 Å². The van der Waals surface area contributed by atoms with Crippen molar-refractivity contribution in [2.24, 2.45) is 5.73 Å². The highest BCUT2D eigenvalue weighted by Crippen LogP contribution is 2.48. The Hall–Kier alpha value is -0.410. The van der Waals surface area contributed by atoms with E-state index in [4.69, 9.17) is 5.73 Å². The van der Waals surface area contributed by atoms with Gasteiger partial charge in [0.1, 0.15) is 5.82 Å². The van der Waals surface area contributed by atoms with Crippen LogP contribution in [0.4, 0.5) is 4.39 Å². The van der Waals surface area contributed by atoms with E-state index < -0.39 is 0 Å². The maximum Gasteiger partial charge on any atom is 0.128 e. The number of aryl methyl sites for hydroxylation is 1. The second kappa shape index (κ2) is 3.31. The van der Waals surface area contributed by atoms with Gasteiger partial charge in [-0.05, 0) is 37.0 Å². The van der Waals surface area contributed by atoms with E-state index in [1.165, 1.54) is 0 Å². The molecule has 1 fully saturated rings. The van der Waals surface area contributed by atoms with E-state index in [0.29, 0.717) is 6.54 Å². The predicted molar refractivity (Wildman–Crippen MR) is 58.8 cm³/mol. The number of halogens is 2. The first-order valence-corrected chi connectivity index (χ1v) is 5.54. The molecule has 0 aromatic heterocycles. The summed E-state index contributed by atoms with van der Waals surface area (Å²) in [4.78, 5) is 0. The Morgan fingerprint density at radius 1 is 1.50 bits per heavy atom. The fourth-order valence-electron chi connectivity index (χ4n) is 1.80. The van der Waals surface area contributed by atoms with Gasteiger partial charge in [0.2, 0.25) is 0 Å². The lowest BCUT2D eigenvalue weighted by molar-refractivity contribution is 0.571. The maximum absolute atomic E-state index is 13.7. The fourth-order valence-corrected chi connectivity index (χ4v) is 2.11. The summed E-state index contributed by atoms with van der Waals surface area (Å²) < 4.78 is 14.5. The second-order valence-electron chi connectivity index (χ2n) is 4.07. The van der Waals surface area contributed by atoms with Gasteiger partial charge in [-0.1, -0.05) is 22.0 Å². The number of nitrogens with two attached hydrogens (primary N) is 1. The highest BCUT2D eigenvalue weighted by Gasteiger charge is 2.44. The number of benzene rings is 1. The summed E-state index contributed by atoms with van der Waals surface area (Å²) in [6.45, 7) is 2.52. The van der Waals surface area contributed by atoms with Crippen LogP contribution in [0.5, 0.6) is 0 Å². The summed E-state index contributed by atoms with van der Waals surface area (Å²) in [6, 6.07) is 3.46. The third kappa shape index (κ3) is 1.48. The predicted octanol–water partition coefficient (Wildman–Crippen LogP) is 2.89. The summed E-state index contributed by atoms with van der Waals surface area (Å²) in [5, 5.41) is 0. The Kier molecular flexibility index (Phi) is 2.40. The molecule has 0 aliphatic heterocycles. The minimum Gasteiger partial charge on any atom is -0.330 e. The first-order valence-electron chi connectivity index (χ1n) is 4.75. The molecule has 2 N–H and O–H groups in total. The maximum atomic E-state index is 13.7. The monoisotopic (exact) mass is 257 g/mol. The smallest absolute Gasteiger partial charge is 0.128 e. The van der Waals surface area contributed by atoms with E-state index in [0.717, 1.165) is 28.4 Å². The standard InChI is InChI=1S/C11H13BrFN/c1-7-4-8(10(13)5-9(7)12)11(6-14)2-3-11/h4-5H,2-3,6,14H2,1H3. The highest BCUT2D eigenvalue weighted by atomic mass is 79.9. The molecule has 0 saturated heterocycles. The molecule has 0 heterocycles. The van der Waals surface area contributed by atoms with Gasteiger partial charge in [0.05, 0.1) is 0 Å². The molecule has 0 unspecified atom stereocenters. The number of hydrogen-bond donors (Lipinski definition) is 1. The van der Waals surface area contributed by atoms with E-state index >= 15 is 0 Å². The average molecular weight is 258 g/mol. The molecule has 2 rings (SSSR count). The summed E-state index contributed by atoms with van der Waals surface area (Å²) in [7, 11) is 0. The number of hydrogen-bond acceptors (Lipinski definition) is 1. The quantitative estimate of drug-likeness (QED) is 0.867. The van der Waals surface area contributed by atoms with E-state index in [-0.39, 0.29) is 11.2 Å². The highest BCUT2D eigenvalue weighted by molar-refractivity contribution is 9.10. The van der Waals surface area contributed by atoms with Crippen LogP contribution in [0, 0.1) is 12.7 Å². The molecule has 14 heavy (non-hydrogen) atoms. The lowest BCUT2D eigenvalue weighted by atomic mass is 9.94. The molecule has 1 aromatic carbocycles. The molecule has 0 radical (unpaired) electrons. The van der Waals surface area contributed by atoms with Crippen LogP contribution in [-0.4, -0.2) is 6.54 Å². The molecule has 0 atom stereocenters. The minimum atomic E-state index is -0.134. The fraction of sp³-hybridized carbons (Fsp3) is 0.455. The first-order chi connectivity index (χ1) is 6.59. The summed E-state index contributed by atoms with van der Waals surface area (Å²) >= 11 is 3.32. The Morgan fingerprint density at radius 2 is 2.14 bits per heavy atom. The molecule has 3 heteroatoms. The molecule has 1 nitrogen and oxygen atoms in total. The van der Waals surface area contributed by atoms with Crippen LogP contribution in [0.1, 0.15) is 24.0 Å². The lowest BCUT2D eigenvalue weighted by Gasteiger charge is -2.15. The molecule has 0 bridgehead atoms. The van der Waals surface area contributed by atoms with E-state index in [1.807, 2.05) is 13.0 Å². The van der Waals surface area contributed by atoms with Crippen molar-refractivity contribution in [2.75, 3.05) is 6.54 Å². The van der Waals surface area contributed by atoms with Crippen LogP contribution < -0.4 is 5.73 Å². The van der Waals surface area contributed by atoms with Crippen LogP contribution in [0.2, 0.25) is 0 Å². The summed E-state index contributed by atoms with van der Waals surface area (Å²) in [5.74, 6) is -0.134. The SMILES string of the molecule is Cc1cc(C2(CN)CC2)c(F)cc1Br. The molecule has 1 aliphatic carbocycles. The van der Waals surface area contributed by atoms with Crippen molar-refractivity contribution in [3.05, 3.63) is 33.5 Å². The molecule has 0 amide bonds. The molecule has 1 aromatic rings. The second-order valence-corrected chi connectivity index (χ2v) is 4.92. The van der Waals surface area contributed by atoms with Crippen LogP contribution >= 0.6 is 15.9 Å². The molecular formula is C11H13BrFN. The average Bonchev–Trinajstić information content (AvgIpc) is 2.92. The van der Waals surface area contributed by atoms with E-state index in [2.05, 4.69) is 15.9 Å². The Labute approximate surface area is 91.6 Å². The van der Waals surface area contributed by atoms with Crippen molar-refractivity contribution < 1.29 is 4.39 Å². The van der Waals surface area contributed by atoms with Crippen molar-refractivity contribution in [2.45, 2.75) is 25.2 Å². The summed E-state index contributed by atoms with van der Waals surface area (Å²) in [5.41, 5.74) is 7.48. The van der Waals surface area contributed by atoms with Crippen LogP contribution in [0.25, 0.3) is 0 Å². The van der Waals surface area contributed by atoms with Gasteiger partial charge < -0.3 is 5.73 Å². The van der Waals surface area contributed by atoms with Crippen molar-refractivity contribution in [1.82, 2.24) is 0 Å².